The smallest absolute Gasteiger partial charge is 0.0728 e. The van der Waals surface area contributed by atoms with Crippen molar-refractivity contribution in [1.82, 2.24) is 0 Å². The average Bonchev–Trinajstić information content (AvgIpc) is 2.94. The first-order valence-corrected chi connectivity index (χ1v) is 7.11. The first-order chi connectivity index (χ1) is 9.66. The molecule has 3 rings (SSSR count). The van der Waals surface area contributed by atoms with Crippen LogP contribution >= 0.6 is 0 Å². The zero-order valence-corrected chi connectivity index (χ0v) is 12.4. The molecule has 0 bridgehead atoms. The predicted octanol–water partition coefficient (Wildman–Crippen LogP) is 3.97. The van der Waals surface area contributed by atoms with Crippen molar-refractivity contribution in [3.05, 3.63) is 64.2 Å². The van der Waals surface area contributed by atoms with Crippen molar-refractivity contribution >= 4 is 5.69 Å². The highest BCUT2D eigenvalue weighted by Gasteiger charge is 2.20. The summed E-state index contributed by atoms with van der Waals surface area (Å²) in [6.45, 7) is 6.86. The van der Waals surface area contributed by atoms with Gasteiger partial charge in [-0.2, -0.15) is 0 Å². The van der Waals surface area contributed by atoms with Crippen molar-refractivity contribution in [3.63, 3.8) is 0 Å². The van der Waals surface area contributed by atoms with Gasteiger partial charge in [-0.25, -0.2) is 0 Å². The summed E-state index contributed by atoms with van der Waals surface area (Å²) >= 11 is 0. The number of benzene rings is 2. The Kier molecular flexibility index (Phi) is 3.49. The van der Waals surface area contributed by atoms with Crippen molar-refractivity contribution in [2.75, 3.05) is 11.9 Å². The van der Waals surface area contributed by atoms with Crippen LogP contribution in [0.4, 0.5) is 5.69 Å². The van der Waals surface area contributed by atoms with E-state index in [1.165, 1.54) is 33.5 Å². The van der Waals surface area contributed by atoms with E-state index in [0.717, 1.165) is 19.8 Å². The van der Waals surface area contributed by atoms with Gasteiger partial charge in [0.25, 0.3) is 0 Å². The summed E-state index contributed by atoms with van der Waals surface area (Å²) in [4.78, 5) is 2.33. The van der Waals surface area contributed by atoms with Crippen LogP contribution in [-0.4, -0.2) is 7.05 Å². The van der Waals surface area contributed by atoms with Gasteiger partial charge >= 0.3 is 0 Å². The molecule has 0 aliphatic carbocycles. The van der Waals surface area contributed by atoms with E-state index in [2.05, 4.69) is 62.2 Å². The van der Waals surface area contributed by atoms with Gasteiger partial charge in [-0.05, 0) is 47.7 Å². The quantitative estimate of drug-likeness (QED) is 0.834. The standard InChI is InChI=1S/C18H21NO/c1-13-9-18(14(2)17-12-20-11-16(13)17)19(3)10-15-7-5-4-6-8-15/h4-9H,10-12H2,1-3H3. The molecule has 0 aromatic heterocycles. The summed E-state index contributed by atoms with van der Waals surface area (Å²) in [5, 5.41) is 0. The normalized spacial score (nSPS) is 13.3. The minimum Gasteiger partial charge on any atom is -0.372 e. The number of rotatable bonds is 3. The molecule has 0 fully saturated rings. The molecule has 0 amide bonds. The monoisotopic (exact) mass is 267 g/mol. The van der Waals surface area contributed by atoms with Crippen molar-refractivity contribution in [1.29, 1.82) is 0 Å². The summed E-state index contributed by atoms with van der Waals surface area (Å²) in [5.74, 6) is 0. The van der Waals surface area contributed by atoms with E-state index in [0.29, 0.717) is 0 Å². The lowest BCUT2D eigenvalue weighted by molar-refractivity contribution is 0.134. The highest BCUT2D eigenvalue weighted by atomic mass is 16.5. The summed E-state index contributed by atoms with van der Waals surface area (Å²) in [7, 11) is 2.16. The maximum absolute atomic E-state index is 5.61. The summed E-state index contributed by atoms with van der Waals surface area (Å²) in [6, 6.07) is 12.9. The molecule has 0 saturated carbocycles. The molecule has 0 spiro atoms. The number of fused-ring (bicyclic) bond motifs is 1. The third-order valence-corrected chi connectivity index (χ3v) is 4.20. The third-order valence-electron chi connectivity index (χ3n) is 4.20. The van der Waals surface area contributed by atoms with E-state index >= 15 is 0 Å². The van der Waals surface area contributed by atoms with E-state index in [9.17, 15) is 0 Å². The van der Waals surface area contributed by atoms with Crippen LogP contribution < -0.4 is 4.90 Å². The second kappa shape index (κ2) is 5.29. The Hall–Kier alpha value is -1.80. The lowest BCUT2D eigenvalue weighted by Crippen LogP contribution is -2.18. The van der Waals surface area contributed by atoms with Crippen LogP contribution in [0.2, 0.25) is 0 Å². The molecule has 1 aliphatic rings. The van der Waals surface area contributed by atoms with Crippen LogP contribution in [-0.2, 0) is 24.5 Å². The summed E-state index contributed by atoms with van der Waals surface area (Å²) in [6.07, 6.45) is 0. The van der Waals surface area contributed by atoms with Crippen LogP contribution in [0.25, 0.3) is 0 Å². The predicted molar refractivity (Wildman–Crippen MR) is 83.0 cm³/mol. The zero-order valence-electron chi connectivity index (χ0n) is 12.4. The molecule has 0 radical (unpaired) electrons. The minimum atomic E-state index is 0.759. The third kappa shape index (κ3) is 2.32. The Labute approximate surface area is 121 Å². The molecule has 2 nitrogen and oxygen atoms in total. The van der Waals surface area contributed by atoms with Gasteiger partial charge in [0.15, 0.2) is 0 Å². The minimum absolute atomic E-state index is 0.759. The average molecular weight is 267 g/mol. The second-order valence-corrected chi connectivity index (χ2v) is 5.63. The molecule has 1 aliphatic heterocycles. The van der Waals surface area contributed by atoms with Gasteiger partial charge < -0.3 is 9.64 Å². The van der Waals surface area contributed by atoms with Crippen LogP contribution in [0, 0.1) is 13.8 Å². The second-order valence-electron chi connectivity index (χ2n) is 5.63. The van der Waals surface area contributed by atoms with Gasteiger partial charge in [-0.15, -0.1) is 0 Å². The Balaban J connectivity index is 1.92. The Morgan fingerprint density at radius 1 is 1.05 bits per heavy atom. The highest BCUT2D eigenvalue weighted by molar-refractivity contribution is 5.61. The number of nitrogens with zero attached hydrogens (tertiary/aromatic N) is 1. The Bertz CT molecular complexity index is 619. The summed E-state index contributed by atoms with van der Waals surface area (Å²) < 4.78 is 5.61. The van der Waals surface area contributed by atoms with Crippen LogP contribution in [0.3, 0.4) is 0 Å². The fourth-order valence-corrected chi connectivity index (χ4v) is 3.01. The lowest BCUT2D eigenvalue weighted by atomic mass is 9.97. The zero-order chi connectivity index (χ0) is 14.1. The molecular weight excluding hydrogens is 246 g/mol. The van der Waals surface area contributed by atoms with E-state index in [1.807, 2.05) is 0 Å². The Morgan fingerprint density at radius 2 is 1.75 bits per heavy atom. The maximum Gasteiger partial charge on any atom is 0.0728 e. The first-order valence-electron chi connectivity index (χ1n) is 7.11. The van der Waals surface area contributed by atoms with Gasteiger partial charge in [0.2, 0.25) is 0 Å². The highest BCUT2D eigenvalue weighted by Crippen LogP contribution is 2.33. The van der Waals surface area contributed by atoms with E-state index < -0.39 is 0 Å². The van der Waals surface area contributed by atoms with E-state index in [1.54, 1.807) is 0 Å². The fourth-order valence-electron chi connectivity index (χ4n) is 3.01. The molecule has 104 valence electrons. The van der Waals surface area contributed by atoms with Crippen molar-refractivity contribution in [2.24, 2.45) is 0 Å². The SMILES string of the molecule is Cc1cc(N(C)Cc2ccccc2)c(C)c2c1COC2. The topological polar surface area (TPSA) is 12.5 Å². The molecule has 0 N–H and O–H groups in total. The Morgan fingerprint density at radius 3 is 2.50 bits per heavy atom. The molecule has 0 saturated heterocycles. The van der Waals surface area contributed by atoms with Crippen molar-refractivity contribution in [2.45, 2.75) is 33.6 Å². The number of hydrogen-bond donors (Lipinski definition) is 0. The molecule has 1 heterocycles. The van der Waals surface area contributed by atoms with Gasteiger partial charge in [-0.3, -0.25) is 0 Å². The van der Waals surface area contributed by atoms with Crippen LogP contribution in [0.5, 0.6) is 0 Å². The van der Waals surface area contributed by atoms with Crippen molar-refractivity contribution < 1.29 is 4.74 Å². The largest absolute Gasteiger partial charge is 0.372 e. The van der Waals surface area contributed by atoms with Gasteiger partial charge in [0.1, 0.15) is 0 Å². The number of ether oxygens (including phenoxy) is 1. The first kappa shape index (κ1) is 13.2. The van der Waals surface area contributed by atoms with Crippen LogP contribution in [0.15, 0.2) is 36.4 Å². The lowest BCUT2D eigenvalue weighted by Gasteiger charge is -2.24. The molecule has 0 unspecified atom stereocenters. The fraction of sp³-hybridized carbons (Fsp3) is 0.333. The van der Waals surface area contributed by atoms with E-state index in [-0.39, 0.29) is 0 Å². The maximum atomic E-state index is 5.61. The van der Waals surface area contributed by atoms with E-state index in [4.69, 9.17) is 4.74 Å². The summed E-state index contributed by atoms with van der Waals surface area (Å²) in [5.41, 5.74) is 8.14. The molecule has 2 aromatic carbocycles. The van der Waals surface area contributed by atoms with Crippen molar-refractivity contribution in [3.8, 4) is 0 Å². The number of anilines is 1. The molecular formula is C18H21NO. The molecule has 2 aromatic rings. The molecule has 2 heteroatoms. The molecule has 0 atom stereocenters. The number of aryl methyl sites for hydroxylation is 1. The van der Waals surface area contributed by atoms with Gasteiger partial charge in [0, 0.05) is 19.3 Å². The number of hydrogen-bond acceptors (Lipinski definition) is 2. The van der Waals surface area contributed by atoms with Gasteiger partial charge in [0.05, 0.1) is 13.2 Å². The van der Waals surface area contributed by atoms with Crippen LogP contribution in [0.1, 0.15) is 27.8 Å². The van der Waals surface area contributed by atoms with Gasteiger partial charge in [-0.1, -0.05) is 30.3 Å². The molecule has 20 heavy (non-hydrogen) atoms.